The van der Waals surface area contributed by atoms with Crippen LogP contribution in [0.5, 0.6) is 23.0 Å². The topological polar surface area (TPSA) is 161 Å². The van der Waals surface area contributed by atoms with Gasteiger partial charge in [0.1, 0.15) is 23.0 Å². The number of nitrogens with zero attached hydrogens (tertiary/aromatic N) is 3. The summed E-state index contributed by atoms with van der Waals surface area (Å²) in [7, 11) is 0. The van der Waals surface area contributed by atoms with Gasteiger partial charge in [0.05, 0.1) is 54.7 Å². The summed E-state index contributed by atoms with van der Waals surface area (Å²) in [5, 5.41) is 7.19. The Labute approximate surface area is 347 Å². The molecule has 312 valence electrons. The third-order valence-corrected chi connectivity index (χ3v) is 10.9. The number of esters is 3. The minimum absolute atomic E-state index is 0.248. The van der Waals surface area contributed by atoms with E-state index in [4.69, 9.17) is 43.2 Å². The molecule has 0 spiro atoms. The zero-order valence-electron chi connectivity index (χ0n) is 32.9. The van der Waals surface area contributed by atoms with Crippen molar-refractivity contribution in [1.82, 2.24) is 4.98 Å². The fourth-order valence-corrected chi connectivity index (χ4v) is 7.57. The highest BCUT2D eigenvalue weighted by atomic mass is 32.1. The van der Waals surface area contributed by atoms with Gasteiger partial charge in [-0.3, -0.25) is 14.4 Å². The summed E-state index contributed by atoms with van der Waals surface area (Å²) in [5.74, 6) is -0.337. The van der Waals surface area contributed by atoms with Crippen molar-refractivity contribution in [3.8, 4) is 23.0 Å². The first-order valence-corrected chi connectivity index (χ1v) is 20.8. The van der Waals surface area contributed by atoms with E-state index in [9.17, 15) is 19.2 Å². The third-order valence-electron chi connectivity index (χ3n) is 9.84. The first kappa shape index (κ1) is 43.0. The second-order valence-electron chi connectivity index (χ2n) is 14.1. The molecule has 59 heavy (non-hydrogen) atoms. The number of hydrazone groups is 1. The van der Waals surface area contributed by atoms with Crippen molar-refractivity contribution in [2.75, 3.05) is 38.0 Å². The molecule has 2 aliphatic rings. The zero-order chi connectivity index (χ0) is 41.2. The van der Waals surface area contributed by atoms with E-state index >= 15 is 0 Å². The van der Waals surface area contributed by atoms with Gasteiger partial charge in [0.15, 0.2) is 6.29 Å². The summed E-state index contributed by atoms with van der Waals surface area (Å²) in [5.41, 5.74) is 1.27. The number of carbonyl (C=O) groups is 4. The molecule has 0 radical (unpaired) electrons. The second kappa shape index (κ2) is 22.5. The van der Waals surface area contributed by atoms with Gasteiger partial charge in [-0.2, -0.15) is 5.10 Å². The minimum atomic E-state index is -0.422. The molecule has 6 rings (SSSR count). The summed E-state index contributed by atoms with van der Waals surface area (Å²) in [6.07, 6.45) is 9.13. The quantitative estimate of drug-likeness (QED) is 0.0152. The largest absolute Gasteiger partial charge is 0.494 e. The van der Waals surface area contributed by atoms with E-state index in [0.717, 1.165) is 48.4 Å². The molecular weight excluding hydrogens is 779 g/mol. The average Bonchev–Trinajstić information content (AvgIpc) is 3.70. The maximum Gasteiger partial charge on any atom is 0.330 e. The fraction of sp³-hybridized carbons (Fsp3) is 0.409. The van der Waals surface area contributed by atoms with Crippen LogP contribution in [0.15, 0.2) is 84.5 Å². The zero-order valence-corrected chi connectivity index (χ0v) is 33.7. The van der Waals surface area contributed by atoms with Gasteiger partial charge < -0.3 is 33.2 Å². The van der Waals surface area contributed by atoms with Crippen LogP contribution in [0, 0.1) is 11.8 Å². The van der Waals surface area contributed by atoms with Crippen LogP contribution in [0.4, 0.5) is 5.13 Å². The van der Waals surface area contributed by atoms with Gasteiger partial charge in [0.25, 0.3) is 6.47 Å². The van der Waals surface area contributed by atoms with Crippen LogP contribution in [0.25, 0.3) is 10.2 Å². The molecule has 0 bridgehead atoms. The van der Waals surface area contributed by atoms with Gasteiger partial charge in [-0.15, -0.1) is 0 Å². The van der Waals surface area contributed by atoms with Crippen LogP contribution in [0.2, 0.25) is 0 Å². The third kappa shape index (κ3) is 13.2. The van der Waals surface area contributed by atoms with Gasteiger partial charge >= 0.3 is 17.9 Å². The molecule has 0 atom stereocenters. The maximum atomic E-state index is 13.5. The summed E-state index contributed by atoms with van der Waals surface area (Å²) >= 11 is 1.50. The van der Waals surface area contributed by atoms with Crippen molar-refractivity contribution >= 4 is 57.3 Å². The first-order valence-electron chi connectivity index (χ1n) is 20.0. The number of hydrogen-bond donors (Lipinski definition) is 0. The van der Waals surface area contributed by atoms with E-state index in [-0.39, 0.29) is 29.7 Å². The molecule has 14 nitrogen and oxygen atoms in total. The molecule has 15 heteroatoms. The molecule has 0 amide bonds. The molecule has 0 N–H and O–H groups in total. The number of unbranched alkanes of at least 4 members (excludes halogenated alkanes) is 3. The number of thiazole rings is 1. The van der Waals surface area contributed by atoms with Crippen LogP contribution in [0.3, 0.4) is 0 Å². The van der Waals surface area contributed by atoms with Gasteiger partial charge in [-0.05, 0) is 112 Å². The molecule has 3 aromatic carbocycles. The standard InChI is InChI=1S/C44H49N3O11S/c1-2-40(49)53-25-8-4-3-7-24-52-34-16-18-35(19-17-34)57-42(50)31-12-14-32(15-13-31)43(51)58-38-21-20-36(56-30-48)28-33(38)29-45-47(23-22-41-54-26-9-27-55-41)44-46-37-10-5-6-11-39(37)59-44/h2,5-6,10-11,16-21,28-32,41H,1,3-4,7-9,12-15,22-27H2/b45-29+. The van der Waals surface area contributed by atoms with E-state index in [2.05, 4.69) is 6.58 Å². The highest BCUT2D eigenvalue weighted by Crippen LogP contribution is 2.34. The number of benzene rings is 3. The lowest BCUT2D eigenvalue weighted by Gasteiger charge is -2.26. The Hall–Kier alpha value is -5.64. The Bertz CT molecular complexity index is 2010. The van der Waals surface area contributed by atoms with Crippen molar-refractivity contribution in [2.45, 2.75) is 70.5 Å². The van der Waals surface area contributed by atoms with Crippen molar-refractivity contribution in [3.63, 3.8) is 0 Å². The summed E-state index contributed by atoms with van der Waals surface area (Å²) in [6.45, 7) is 6.34. The van der Waals surface area contributed by atoms with Crippen molar-refractivity contribution in [3.05, 3.63) is 84.9 Å². The molecule has 1 saturated heterocycles. The summed E-state index contributed by atoms with van der Waals surface area (Å²) in [4.78, 5) is 53.6. The molecule has 1 aromatic heterocycles. The Balaban J connectivity index is 0.999. The number of ether oxygens (including phenoxy) is 7. The molecule has 0 unspecified atom stereocenters. The van der Waals surface area contributed by atoms with Gasteiger partial charge in [0, 0.05) is 24.6 Å². The highest BCUT2D eigenvalue weighted by Gasteiger charge is 2.32. The van der Waals surface area contributed by atoms with E-state index in [1.54, 1.807) is 53.7 Å². The van der Waals surface area contributed by atoms with Gasteiger partial charge in [0.2, 0.25) is 5.13 Å². The van der Waals surface area contributed by atoms with Crippen molar-refractivity contribution in [1.29, 1.82) is 0 Å². The van der Waals surface area contributed by atoms with Crippen LogP contribution in [0.1, 0.15) is 69.8 Å². The van der Waals surface area contributed by atoms with Gasteiger partial charge in [-0.1, -0.05) is 30.0 Å². The van der Waals surface area contributed by atoms with E-state index in [0.29, 0.717) is 93.7 Å². The van der Waals surface area contributed by atoms with E-state index in [1.165, 1.54) is 11.3 Å². The highest BCUT2D eigenvalue weighted by molar-refractivity contribution is 7.22. The summed E-state index contributed by atoms with van der Waals surface area (Å²) in [6, 6.07) is 19.4. The number of fused-ring (bicyclic) bond motifs is 1. The lowest BCUT2D eigenvalue weighted by Crippen LogP contribution is -2.30. The number of para-hydroxylation sites is 1. The molecular formula is C44H49N3O11S. The fourth-order valence-electron chi connectivity index (χ4n) is 6.62. The molecule has 4 aromatic rings. The normalized spacial score (nSPS) is 16.9. The average molecular weight is 828 g/mol. The van der Waals surface area contributed by atoms with Crippen LogP contribution in [-0.4, -0.2) is 74.8 Å². The Morgan fingerprint density at radius 2 is 1.53 bits per heavy atom. The number of hydrogen-bond acceptors (Lipinski definition) is 15. The predicted octanol–water partition coefficient (Wildman–Crippen LogP) is 7.81. The monoisotopic (exact) mass is 827 g/mol. The number of carbonyl (C=O) groups excluding carboxylic acids is 4. The maximum absolute atomic E-state index is 13.5. The molecule has 2 heterocycles. The van der Waals surface area contributed by atoms with Crippen LogP contribution < -0.4 is 24.0 Å². The first-order chi connectivity index (χ1) is 28.9. The molecule has 2 fully saturated rings. The van der Waals surface area contributed by atoms with E-state index < -0.39 is 17.9 Å². The lowest BCUT2D eigenvalue weighted by atomic mass is 9.82. The molecule has 1 aliphatic carbocycles. The lowest BCUT2D eigenvalue weighted by molar-refractivity contribution is -0.179. The van der Waals surface area contributed by atoms with Gasteiger partial charge in [-0.25, -0.2) is 14.8 Å². The number of aromatic nitrogens is 1. The van der Waals surface area contributed by atoms with Crippen molar-refractivity contribution in [2.24, 2.45) is 16.9 Å². The van der Waals surface area contributed by atoms with E-state index in [1.807, 2.05) is 24.3 Å². The Morgan fingerprint density at radius 1 is 0.847 bits per heavy atom. The molecule has 1 aliphatic heterocycles. The second-order valence-corrected chi connectivity index (χ2v) is 15.1. The predicted molar refractivity (Wildman–Crippen MR) is 221 cm³/mol. The Morgan fingerprint density at radius 3 is 2.24 bits per heavy atom. The smallest absolute Gasteiger partial charge is 0.330 e. The Kier molecular flexibility index (Phi) is 16.4. The van der Waals surface area contributed by atoms with Crippen molar-refractivity contribution < 1.29 is 52.3 Å². The van der Waals surface area contributed by atoms with Crippen LogP contribution in [-0.2, 0) is 33.4 Å². The number of rotatable bonds is 21. The molecule has 1 saturated carbocycles. The summed E-state index contributed by atoms with van der Waals surface area (Å²) < 4.78 is 40.0. The minimum Gasteiger partial charge on any atom is -0.494 e. The van der Waals surface area contributed by atoms with Crippen LogP contribution >= 0.6 is 11.3 Å². The SMILES string of the molecule is C=CC(=O)OCCCCCCOc1ccc(OC(=O)C2CCC(C(=O)Oc3ccc(OC=O)cc3/C=N/N(CCC3OCCCO3)c3nc4ccccc4s3)CC2)cc1. The number of anilines is 1.